The van der Waals surface area contributed by atoms with E-state index in [1.165, 1.54) is 57.8 Å². The van der Waals surface area contributed by atoms with Gasteiger partial charge in [-0.25, -0.2) is 0 Å². The SMILES string of the molecule is CCCCC1(CC(C)C)CCCCC1. The largest absolute Gasteiger partial charge is 0.0654 e. The van der Waals surface area contributed by atoms with Crippen LogP contribution in [0.3, 0.4) is 0 Å². The minimum Gasteiger partial charge on any atom is -0.0654 e. The minimum atomic E-state index is 0.752. The molecule has 0 bridgehead atoms. The van der Waals surface area contributed by atoms with Crippen molar-refractivity contribution < 1.29 is 0 Å². The molecule has 0 aromatic heterocycles. The molecule has 0 aromatic rings. The van der Waals surface area contributed by atoms with Gasteiger partial charge in [-0.05, 0) is 37.0 Å². The van der Waals surface area contributed by atoms with Crippen molar-refractivity contribution in [1.82, 2.24) is 0 Å². The molecule has 1 fully saturated rings. The Morgan fingerprint density at radius 2 is 1.71 bits per heavy atom. The van der Waals surface area contributed by atoms with Crippen LogP contribution in [-0.4, -0.2) is 0 Å². The molecule has 0 nitrogen and oxygen atoms in total. The third-order valence-electron chi connectivity index (χ3n) is 3.82. The summed E-state index contributed by atoms with van der Waals surface area (Å²) in [6, 6.07) is 0. The van der Waals surface area contributed by atoms with Crippen LogP contribution in [0.5, 0.6) is 0 Å². The molecule has 0 heterocycles. The second-order valence-corrected chi connectivity index (χ2v) is 5.76. The summed E-state index contributed by atoms with van der Waals surface area (Å²) in [6.45, 7) is 7.11. The molecule has 0 saturated heterocycles. The molecule has 0 unspecified atom stereocenters. The average molecular weight is 196 g/mol. The van der Waals surface area contributed by atoms with Gasteiger partial charge in [0.1, 0.15) is 0 Å². The molecule has 0 amide bonds. The molecule has 0 aromatic carbocycles. The molecule has 0 heteroatoms. The van der Waals surface area contributed by atoms with Crippen LogP contribution in [0.4, 0.5) is 0 Å². The van der Waals surface area contributed by atoms with Gasteiger partial charge in [0.15, 0.2) is 0 Å². The van der Waals surface area contributed by atoms with Crippen molar-refractivity contribution >= 4 is 0 Å². The van der Waals surface area contributed by atoms with Crippen molar-refractivity contribution in [3.05, 3.63) is 0 Å². The van der Waals surface area contributed by atoms with E-state index in [0.717, 1.165) is 11.3 Å². The molecule has 0 N–H and O–H groups in total. The lowest BCUT2D eigenvalue weighted by Gasteiger charge is -2.39. The van der Waals surface area contributed by atoms with Gasteiger partial charge >= 0.3 is 0 Å². The topological polar surface area (TPSA) is 0 Å². The Kier molecular flexibility index (Phi) is 4.98. The lowest BCUT2D eigenvalue weighted by Crippen LogP contribution is -2.26. The summed E-state index contributed by atoms with van der Waals surface area (Å²) >= 11 is 0. The molecule has 0 radical (unpaired) electrons. The van der Waals surface area contributed by atoms with Crippen molar-refractivity contribution in [3.63, 3.8) is 0 Å². The van der Waals surface area contributed by atoms with E-state index in [1.807, 2.05) is 0 Å². The molecule has 1 aliphatic carbocycles. The highest BCUT2D eigenvalue weighted by Crippen LogP contribution is 2.45. The van der Waals surface area contributed by atoms with Crippen LogP contribution in [0.15, 0.2) is 0 Å². The van der Waals surface area contributed by atoms with Gasteiger partial charge < -0.3 is 0 Å². The summed E-state index contributed by atoms with van der Waals surface area (Å²) in [5, 5.41) is 0. The van der Waals surface area contributed by atoms with Crippen molar-refractivity contribution in [2.75, 3.05) is 0 Å². The van der Waals surface area contributed by atoms with Gasteiger partial charge in [-0.2, -0.15) is 0 Å². The highest BCUT2D eigenvalue weighted by Gasteiger charge is 2.31. The van der Waals surface area contributed by atoms with Crippen molar-refractivity contribution in [1.29, 1.82) is 0 Å². The number of unbranched alkanes of at least 4 members (excludes halogenated alkanes) is 1. The van der Waals surface area contributed by atoms with Gasteiger partial charge in [-0.3, -0.25) is 0 Å². The Hall–Kier alpha value is 0. The average Bonchev–Trinajstić information content (AvgIpc) is 2.15. The van der Waals surface area contributed by atoms with E-state index >= 15 is 0 Å². The Labute approximate surface area is 90.5 Å². The maximum absolute atomic E-state index is 2.39. The Bertz CT molecular complexity index is 140. The molecule has 0 spiro atoms. The summed E-state index contributed by atoms with van der Waals surface area (Å²) in [7, 11) is 0. The first-order valence-corrected chi connectivity index (χ1v) is 6.68. The van der Waals surface area contributed by atoms with E-state index < -0.39 is 0 Å². The van der Waals surface area contributed by atoms with Gasteiger partial charge in [0, 0.05) is 0 Å². The Balaban J connectivity index is 2.47. The summed E-state index contributed by atoms with van der Waals surface area (Å²) in [6.07, 6.45) is 13.3. The van der Waals surface area contributed by atoms with Crippen LogP contribution in [0, 0.1) is 11.3 Å². The van der Waals surface area contributed by atoms with Crippen molar-refractivity contribution in [2.45, 2.75) is 78.6 Å². The molecular weight excluding hydrogens is 168 g/mol. The third-order valence-corrected chi connectivity index (χ3v) is 3.82. The first-order valence-electron chi connectivity index (χ1n) is 6.68. The zero-order chi connectivity index (χ0) is 10.4. The Morgan fingerprint density at radius 1 is 1.07 bits per heavy atom. The van der Waals surface area contributed by atoms with Crippen molar-refractivity contribution in [2.24, 2.45) is 11.3 Å². The summed E-state index contributed by atoms with van der Waals surface area (Å²) in [5.74, 6) is 0.893. The fraction of sp³-hybridized carbons (Fsp3) is 1.00. The molecule has 0 atom stereocenters. The van der Waals surface area contributed by atoms with Crippen LogP contribution < -0.4 is 0 Å². The fourth-order valence-corrected chi connectivity index (χ4v) is 3.28. The van der Waals surface area contributed by atoms with Gasteiger partial charge in [-0.15, -0.1) is 0 Å². The quantitative estimate of drug-likeness (QED) is 0.569. The van der Waals surface area contributed by atoms with E-state index in [1.54, 1.807) is 0 Å². The maximum atomic E-state index is 2.39. The zero-order valence-electron chi connectivity index (χ0n) is 10.4. The normalized spacial score (nSPS) is 21.4. The summed E-state index contributed by atoms with van der Waals surface area (Å²) < 4.78 is 0. The molecule has 14 heavy (non-hydrogen) atoms. The van der Waals surface area contributed by atoms with E-state index in [-0.39, 0.29) is 0 Å². The van der Waals surface area contributed by atoms with E-state index in [9.17, 15) is 0 Å². The minimum absolute atomic E-state index is 0.752. The molecule has 0 aliphatic heterocycles. The lowest BCUT2D eigenvalue weighted by molar-refractivity contribution is 0.132. The van der Waals surface area contributed by atoms with Crippen LogP contribution in [-0.2, 0) is 0 Å². The zero-order valence-corrected chi connectivity index (χ0v) is 10.4. The summed E-state index contributed by atoms with van der Waals surface area (Å²) in [5.41, 5.74) is 0.752. The van der Waals surface area contributed by atoms with Gasteiger partial charge in [-0.1, -0.05) is 52.9 Å². The van der Waals surface area contributed by atoms with Crippen LogP contribution in [0.25, 0.3) is 0 Å². The second-order valence-electron chi connectivity index (χ2n) is 5.76. The molecule has 1 rings (SSSR count). The first-order chi connectivity index (χ1) is 6.68. The molecule has 1 saturated carbocycles. The fourth-order valence-electron chi connectivity index (χ4n) is 3.28. The smallest absolute Gasteiger partial charge is 0.0295 e. The van der Waals surface area contributed by atoms with Gasteiger partial charge in [0.2, 0.25) is 0 Å². The van der Waals surface area contributed by atoms with Crippen molar-refractivity contribution in [3.8, 4) is 0 Å². The maximum Gasteiger partial charge on any atom is -0.0295 e. The molecular formula is C14H28. The number of rotatable bonds is 5. The first kappa shape index (κ1) is 12.1. The van der Waals surface area contributed by atoms with E-state index in [0.29, 0.717) is 0 Å². The van der Waals surface area contributed by atoms with E-state index in [2.05, 4.69) is 20.8 Å². The number of hydrogen-bond acceptors (Lipinski definition) is 0. The Morgan fingerprint density at radius 3 is 2.21 bits per heavy atom. The van der Waals surface area contributed by atoms with Gasteiger partial charge in [0.25, 0.3) is 0 Å². The van der Waals surface area contributed by atoms with Crippen LogP contribution in [0.2, 0.25) is 0 Å². The molecule has 1 aliphatic rings. The van der Waals surface area contributed by atoms with Gasteiger partial charge in [0.05, 0.1) is 0 Å². The number of hydrogen-bond donors (Lipinski definition) is 0. The predicted octanol–water partition coefficient (Wildman–Crippen LogP) is 5.17. The lowest BCUT2D eigenvalue weighted by atomic mass is 9.67. The highest BCUT2D eigenvalue weighted by atomic mass is 14.4. The standard InChI is InChI=1S/C14H28/c1-4-5-9-14(12-13(2)3)10-7-6-8-11-14/h13H,4-12H2,1-3H3. The van der Waals surface area contributed by atoms with Crippen LogP contribution >= 0.6 is 0 Å². The third kappa shape index (κ3) is 3.63. The second kappa shape index (κ2) is 5.78. The molecule has 84 valence electrons. The highest BCUT2D eigenvalue weighted by molar-refractivity contribution is 4.83. The van der Waals surface area contributed by atoms with Crippen LogP contribution in [0.1, 0.15) is 78.6 Å². The predicted molar refractivity (Wildman–Crippen MR) is 64.5 cm³/mol. The monoisotopic (exact) mass is 196 g/mol. The summed E-state index contributed by atoms with van der Waals surface area (Å²) in [4.78, 5) is 0. The van der Waals surface area contributed by atoms with E-state index in [4.69, 9.17) is 0 Å².